The van der Waals surface area contributed by atoms with Gasteiger partial charge in [-0.25, -0.2) is 13.4 Å². The lowest BCUT2D eigenvalue weighted by atomic mass is 10.2. The van der Waals surface area contributed by atoms with Crippen molar-refractivity contribution in [1.29, 1.82) is 5.26 Å². The number of nitrogen functional groups attached to an aromatic ring is 1. The largest absolute Gasteiger partial charge is 0.398 e. The first kappa shape index (κ1) is 13.8. The third-order valence-electron chi connectivity index (χ3n) is 2.56. The highest BCUT2D eigenvalue weighted by Gasteiger charge is 2.18. The number of hydrogen-bond acceptors (Lipinski definition) is 5. The molecule has 0 aliphatic rings. The van der Waals surface area contributed by atoms with Crippen LogP contribution in [0.15, 0.2) is 41.3 Å². The van der Waals surface area contributed by atoms with Crippen LogP contribution < -0.4 is 10.5 Å². The van der Waals surface area contributed by atoms with E-state index in [0.29, 0.717) is 11.3 Å². The van der Waals surface area contributed by atoms with Gasteiger partial charge >= 0.3 is 0 Å². The molecule has 0 aliphatic heterocycles. The second-order valence-electron chi connectivity index (χ2n) is 4.13. The number of hydrogen-bond donors (Lipinski definition) is 2. The number of aryl methyl sites for hydroxylation is 1. The van der Waals surface area contributed by atoms with Crippen LogP contribution in [0.3, 0.4) is 0 Å². The van der Waals surface area contributed by atoms with Gasteiger partial charge < -0.3 is 5.73 Å². The highest BCUT2D eigenvalue weighted by molar-refractivity contribution is 7.92. The summed E-state index contributed by atoms with van der Waals surface area (Å²) in [5.41, 5.74) is 6.69. The molecule has 0 spiro atoms. The zero-order valence-corrected chi connectivity index (χ0v) is 11.5. The zero-order valence-electron chi connectivity index (χ0n) is 10.7. The van der Waals surface area contributed by atoms with Crippen LogP contribution in [-0.4, -0.2) is 13.4 Å². The summed E-state index contributed by atoms with van der Waals surface area (Å²) in [5, 5.41) is 8.74. The van der Waals surface area contributed by atoms with Gasteiger partial charge in [0, 0.05) is 5.69 Å². The van der Waals surface area contributed by atoms with E-state index in [-0.39, 0.29) is 16.4 Å². The lowest BCUT2D eigenvalue weighted by Gasteiger charge is -2.10. The van der Waals surface area contributed by atoms with Crippen molar-refractivity contribution in [2.24, 2.45) is 0 Å². The molecule has 0 saturated carbocycles. The minimum Gasteiger partial charge on any atom is -0.398 e. The van der Waals surface area contributed by atoms with Crippen molar-refractivity contribution in [3.05, 3.63) is 47.7 Å². The van der Waals surface area contributed by atoms with Crippen molar-refractivity contribution in [1.82, 2.24) is 4.98 Å². The lowest BCUT2D eigenvalue weighted by Crippen LogP contribution is -2.15. The first-order valence-electron chi connectivity index (χ1n) is 5.68. The summed E-state index contributed by atoms with van der Waals surface area (Å²) in [6.07, 6.45) is 0. The highest BCUT2D eigenvalue weighted by atomic mass is 32.2. The first-order chi connectivity index (χ1) is 9.42. The molecule has 20 heavy (non-hydrogen) atoms. The SMILES string of the molecule is Cc1cccc(NS(=O)(=O)c2ccc(C#N)cc2N)n1. The van der Waals surface area contributed by atoms with E-state index >= 15 is 0 Å². The minimum absolute atomic E-state index is 0.0178. The fraction of sp³-hybridized carbons (Fsp3) is 0.0769. The summed E-state index contributed by atoms with van der Waals surface area (Å²) in [6.45, 7) is 1.76. The van der Waals surface area contributed by atoms with E-state index in [1.54, 1.807) is 25.1 Å². The maximum Gasteiger partial charge on any atom is 0.265 e. The van der Waals surface area contributed by atoms with Gasteiger partial charge in [-0.3, -0.25) is 4.72 Å². The van der Waals surface area contributed by atoms with Gasteiger partial charge in [0.15, 0.2) is 0 Å². The summed E-state index contributed by atoms with van der Waals surface area (Å²) >= 11 is 0. The average Bonchev–Trinajstić information content (AvgIpc) is 2.37. The monoisotopic (exact) mass is 288 g/mol. The molecule has 6 nitrogen and oxygen atoms in total. The number of benzene rings is 1. The predicted octanol–water partition coefficient (Wildman–Crippen LogP) is 1.64. The second-order valence-corrected chi connectivity index (χ2v) is 5.78. The molecule has 0 bridgehead atoms. The summed E-state index contributed by atoms with van der Waals surface area (Å²) < 4.78 is 26.8. The molecule has 2 aromatic rings. The molecular weight excluding hydrogens is 276 g/mol. The van der Waals surface area contributed by atoms with Crippen molar-refractivity contribution in [3.8, 4) is 6.07 Å². The number of aromatic nitrogens is 1. The molecule has 102 valence electrons. The molecule has 0 fully saturated rings. The normalized spacial score (nSPS) is 10.8. The Morgan fingerprint density at radius 2 is 2.05 bits per heavy atom. The Morgan fingerprint density at radius 1 is 1.30 bits per heavy atom. The smallest absolute Gasteiger partial charge is 0.265 e. The van der Waals surface area contributed by atoms with Crippen LogP contribution >= 0.6 is 0 Å². The van der Waals surface area contributed by atoms with Crippen LogP contribution in [0.2, 0.25) is 0 Å². The third-order valence-corrected chi connectivity index (χ3v) is 3.98. The van der Waals surface area contributed by atoms with E-state index in [1.807, 2.05) is 6.07 Å². The summed E-state index contributed by atoms with van der Waals surface area (Å²) in [7, 11) is -3.83. The second kappa shape index (κ2) is 5.19. The Bertz CT molecular complexity index is 794. The fourth-order valence-electron chi connectivity index (χ4n) is 1.66. The summed E-state index contributed by atoms with van der Waals surface area (Å²) in [4.78, 5) is 3.98. The molecule has 3 N–H and O–H groups in total. The molecule has 0 atom stereocenters. The van der Waals surface area contributed by atoms with Gasteiger partial charge in [0.2, 0.25) is 0 Å². The molecule has 0 unspecified atom stereocenters. The average molecular weight is 288 g/mol. The summed E-state index contributed by atoms with van der Waals surface area (Å²) in [6, 6.07) is 10.9. The number of nitrogens with zero attached hydrogens (tertiary/aromatic N) is 2. The Balaban J connectivity index is 2.39. The van der Waals surface area contributed by atoms with Crippen molar-refractivity contribution in [3.63, 3.8) is 0 Å². The molecule has 0 radical (unpaired) electrons. The Kier molecular flexibility index (Phi) is 3.59. The van der Waals surface area contributed by atoms with Gasteiger partial charge in [-0.05, 0) is 37.3 Å². The standard InChI is InChI=1S/C13H12N4O2S/c1-9-3-2-4-13(16-9)17-20(18,19)12-6-5-10(8-14)7-11(12)15/h2-7H,15H2,1H3,(H,16,17). The number of sulfonamides is 1. The van der Waals surface area contributed by atoms with E-state index in [2.05, 4.69) is 9.71 Å². The van der Waals surface area contributed by atoms with Gasteiger partial charge in [0.05, 0.1) is 17.3 Å². The van der Waals surface area contributed by atoms with Crippen molar-refractivity contribution >= 4 is 21.5 Å². The van der Waals surface area contributed by atoms with E-state index < -0.39 is 10.0 Å². The Morgan fingerprint density at radius 3 is 2.65 bits per heavy atom. The van der Waals surface area contributed by atoms with Crippen molar-refractivity contribution < 1.29 is 8.42 Å². The van der Waals surface area contributed by atoms with Crippen LogP contribution in [0, 0.1) is 18.3 Å². The van der Waals surface area contributed by atoms with Crippen LogP contribution in [0.25, 0.3) is 0 Å². The molecule has 0 amide bonds. The van der Waals surface area contributed by atoms with E-state index in [1.165, 1.54) is 18.2 Å². The maximum atomic E-state index is 12.2. The molecule has 7 heteroatoms. The van der Waals surface area contributed by atoms with Gasteiger partial charge in [0.1, 0.15) is 10.7 Å². The quantitative estimate of drug-likeness (QED) is 0.834. The molecule has 1 heterocycles. The third kappa shape index (κ3) is 2.87. The van der Waals surface area contributed by atoms with Gasteiger partial charge in [-0.2, -0.15) is 5.26 Å². The zero-order chi connectivity index (χ0) is 14.8. The van der Waals surface area contributed by atoms with E-state index in [4.69, 9.17) is 11.0 Å². The van der Waals surface area contributed by atoms with Gasteiger partial charge in [-0.15, -0.1) is 0 Å². The molecule has 0 aliphatic carbocycles. The van der Waals surface area contributed by atoms with Crippen molar-refractivity contribution in [2.45, 2.75) is 11.8 Å². The molecule has 0 saturated heterocycles. The van der Waals surface area contributed by atoms with Crippen LogP contribution in [0.1, 0.15) is 11.3 Å². The molecular formula is C13H12N4O2S. The number of nitrogens with one attached hydrogen (secondary N) is 1. The number of anilines is 2. The minimum atomic E-state index is -3.83. The van der Waals surface area contributed by atoms with E-state index in [0.717, 1.165) is 0 Å². The van der Waals surface area contributed by atoms with E-state index in [9.17, 15) is 8.42 Å². The first-order valence-corrected chi connectivity index (χ1v) is 7.17. The van der Waals surface area contributed by atoms with Crippen LogP contribution in [-0.2, 0) is 10.0 Å². The maximum absolute atomic E-state index is 12.2. The van der Waals surface area contributed by atoms with Crippen molar-refractivity contribution in [2.75, 3.05) is 10.5 Å². The molecule has 1 aromatic heterocycles. The number of pyridine rings is 1. The predicted molar refractivity (Wildman–Crippen MR) is 75.4 cm³/mol. The van der Waals surface area contributed by atoms with Gasteiger partial charge in [0.25, 0.3) is 10.0 Å². The van der Waals surface area contributed by atoms with Crippen LogP contribution in [0.4, 0.5) is 11.5 Å². The lowest BCUT2D eigenvalue weighted by molar-refractivity contribution is 0.601. The number of rotatable bonds is 3. The van der Waals surface area contributed by atoms with Crippen LogP contribution in [0.5, 0.6) is 0 Å². The Labute approximate surface area is 116 Å². The topological polar surface area (TPSA) is 109 Å². The Hall–Kier alpha value is -2.59. The van der Waals surface area contributed by atoms with Gasteiger partial charge in [-0.1, -0.05) is 6.07 Å². The molecule has 2 rings (SSSR count). The number of nitriles is 1. The number of nitrogens with two attached hydrogens (primary N) is 1. The highest BCUT2D eigenvalue weighted by Crippen LogP contribution is 2.21. The molecule has 1 aromatic carbocycles. The fourth-order valence-corrected chi connectivity index (χ4v) is 2.77. The summed E-state index contributed by atoms with van der Waals surface area (Å²) in [5.74, 6) is 0.216.